The molecule has 1 aromatic rings. The van der Waals surface area contributed by atoms with E-state index in [1.807, 2.05) is 41.5 Å². The molecule has 0 unspecified atom stereocenters. The molecule has 30 heavy (non-hydrogen) atoms. The molecule has 0 aliphatic heterocycles. The first kappa shape index (κ1) is 37.4. The van der Waals surface area contributed by atoms with E-state index in [0.29, 0.717) is 17.8 Å². The molecule has 0 aliphatic rings. The van der Waals surface area contributed by atoms with Gasteiger partial charge >= 0.3 is 25.8 Å². The Labute approximate surface area is 210 Å². The van der Waals surface area contributed by atoms with Crippen LogP contribution in [0.1, 0.15) is 118 Å². The molecule has 3 nitrogen and oxygen atoms in total. The molecule has 0 aliphatic carbocycles. The van der Waals surface area contributed by atoms with Crippen LogP contribution in [0.5, 0.6) is 0 Å². The van der Waals surface area contributed by atoms with Gasteiger partial charge in [-0.25, -0.2) is 6.07 Å². The van der Waals surface area contributed by atoms with Crippen LogP contribution in [0.25, 0.3) is 16.0 Å². The molecule has 0 atom stereocenters. The molecule has 0 spiro atoms. The summed E-state index contributed by atoms with van der Waals surface area (Å²) in [6.45, 7) is 31.8. The molecular formula is C26H53HfN3. The summed E-state index contributed by atoms with van der Waals surface area (Å²) in [6, 6.07) is 4.79. The molecule has 0 amide bonds. The van der Waals surface area contributed by atoms with E-state index in [1.165, 1.54) is 5.56 Å². The van der Waals surface area contributed by atoms with Crippen LogP contribution in [0.15, 0.2) is 12.1 Å². The maximum absolute atomic E-state index is 3.97. The SMILES string of the molecule is CC(C)c1cc(C(C)C)[c-](C(C)C)c1.CC[N-]CC.CC[N-]CC.CC[N-]CC.[Hf+4]. The van der Waals surface area contributed by atoms with Crippen molar-refractivity contribution in [3.05, 3.63) is 44.8 Å². The summed E-state index contributed by atoms with van der Waals surface area (Å²) in [7, 11) is 0. The van der Waals surface area contributed by atoms with Crippen LogP contribution in [-0.4, -0.2) is 39.3 Å². The minimum atomic E-state index is 0. The van der Waals surface area contributed by atoms with Gasteiger partial charge in [0, 0.05) is 0 Å². The smallest absolute Gasteiger partial charge is 0.663 e. The third-order valence-electron chi connectivity index (χ3n) is 4.23. The maximum Gasteiger partial charge on any atom is 4.00 e. The van der Waals surface area contributed by atoms with Crippen LogP contribution in [-0.2, 0) is 25.8 Å². The molecule has 0 heterocycles. The average molecular weight is 586 g/mol. The first-order valence-corrected chi connectivity index (χ1v) is 11.9. The van der Waals surface area contributed by atoms with Crippen LogP contribution in [0.2, 0.25) is 0 Å². The topological polar surface area (TPSA) is 42.3 Å². The zero-order chi connectivity index (χ0) is 23.2. The molecule has 4 heteroatoms. The number of hydrogen-bond acceptors (Lipinski definition) is 0. The summed E-state index contributed by atoms with van der Waals surface area (Å²) < 4.78 is 0. The molecule has 0 saturated carbocycles. The van der Waals surface area contributed by atoms with Crippen molar-refractivity contribution in [2.75, 3.05) is 39.3 Å². The Balaban J connectivity index is -0.000000176. The summed E-state index contributed by atoms with van der Waals surface area (Å²) in [5.41, 5.74) is 4.59. The maximum atomic E-state index is 3.97. The fourth-order valence-electron chi connectivity index (χ4n) is 2.57. The van der Waals surface area contributed by atoms with E-state index in [4.69, 9.17) is 0 Å². The summed E-state index contributed by atoms with van der Waals surface area (Å²) in [6.07, 6.45) is 0. The second-order valence-electron chi connectivity index (χ2n) is 7.73. The second kappa shape index (κ2) is 27.1. The van der Waals surface area contributed by atoms with Crippen molar-refractivity contribution in [1.29, 1.82) is 0 Å². The quantitative estimate of drug-likeness (QED) is 0.205. The van der Waals surface area contributed by atoms with Gasteiger partial charge in [-0.3, -0.25) is 0 Å². The van der Waals surface area contributed by atoms with Crippen LogP contribution in [0.3, 0.4) is 0 Å². The first-order chi connectivity index (χ1) is 13.7. The molecular weight excluding hydrogens is 533 g/mol. The third kappa shape index (κ3) is 22.8. The Morgan fingerprint density at radius 3 is 1.10 bits per heavy atom. The Morgan fingerprint density at radius 2 is 0.967 bits per heavy atom. The first-order valence-electron chi connectivity index (χ1n) is 11.9. The summed E-state index contributed by atoms with van der Waals surface area (Å²) in [5, 5.41) is 11.9. The van der Waals surface area contributed by atoms with E-state index < -0.39 is 0 Å². The van der Waals surface area contributed by atoms with E-state index >= 15 is 0 Å². The van der Waals surface area contributed by atoms with Crippen molar-refractivity contribution >= 4 is 0 Å². The van der Waals surface area contributed by atoms with Crippen molar-refractivity contribution in [1.82, 2.24) is 0 Å². The van der Waals surface area contributed by atoms with Crippen molar-refractivity contribution in [3.63, 3.8) is 0 Å². The van der Waals surface area contributed by atoms with E-state index in [-0.39, 0.29) is 25.8 Å². The van der Waals surface area contributed by atoms with E-state index in [2.05, 4.69) is 69.6 Å². The molecule has 1 rings (SSSR count). The van der Waals surface area contributed by atoms with Crippen molar-refractivity contribution < 1.29 is 25.8 Å². The van der Waals surface area contributed by atoms with Gasteiger partial charge in [-0.05, 0) is 5.92 Å². The number of hydrogen-bond donors (Lipinski definition) is 0. The largest absolute Gasteiger partial charge is 4.00 e. The fraction of sp³-hybridized carbons (Fsp3) is 0.808. The van der Waals surface area contributed by atoms with Gasteiger partial charge in [0.25, 0.3) is 0 Å². The molecule has 0 aromatic heterocycles. The number of nitrogens with zero attached hydrogens (tertiary/aromatic N) is 3. The van der Waals surface area contributed by atoms with Crippen LogP contribution < -0.4 is 0 Å². The molecule has 0 saturated heterocycles. The third-order valence-corrected chi connectivity index (χ3v) is 4.23. The van der Waals surface area contributed by atoms with Gasteiger partial charge < -0.3 is 16.0 Å². The number of rotatable bonds is 9. The molecule has 0 N–H and O–H groups in total. The van der Waals surface area contributed by atoms with Gasteiger partial charge in [-0.1, -0.05) is 94.9 Å². The second-order valence-corrected chi connectivity index (χ2v) is 7.73. The van der Waals surface area contributed by atoms with Gasteiger partial charge in [0.2, 0.25) is 0 Å². The van der Waals surface area contributed by atoms with Crippen molar-refractivity contribution in [2.45, 2.75) is 101 Å². The minimum absolute atomic E-state index is 0. The van der Waals surface area contributed by atoms with Gasteiger partial charge in [0.1, 0.15) is 0 Å². The average Bonchev–Trinajstić information content (AvgIpc) is 3.12. The van der Waals surface area contributed by atoms with Gasteiger partial charge in [-0.15, -0.1) is 0 Å². The predicted molar refractivity (Wildman–Crippen MR) is 138 cm³/mol. The molecule has 176 valence electrons. The van der Waals surface area contributed by atoms with Gasteiger partial charge in [0.05, 0.1) is 0 Å². The van der Waals surface area contributed by atoms with Crippen LogP contribution >= 0.6 is 0 Å². The van der Waals surface area contributed by atoms with Gasteiger partial charge in [-0.2, -0.15) is 62.0 Å². The zero-order valence-electron chi connectivity index (χ0n) is 22.5. The monoisotopic (exact) mass is 587 g/mol. The predicted octanol–water partition coefficient (Wildman–Crippen LogP) is 8.97. The Kier molecular flexibility index (Phi) is 33.8. The molecule has 1 aromatic carbocycles. The summed E-state index contributed by atoms with van der Waals surface area (Å²) >= 11 is 0. The van der Waals surface area contributed by atoms with E-state index in [0.717, 1.165) is 39.3 Å². The summed E-state index contributed by atoms with van der Waals surface area (Å²) in [5.74, 6) is 1.96. The summed E-state index contributed by atoms with van der Waals surface area (Å²) in [4.78, 5) is 0. The zero-order valence-corrected chi connectivity index (χ0v) is 26.1. The standard InChI is InChI=1S/C14H23.3C4H10N.Hf/c1-9(2)12-7-13(10(3)4)14(8-12)11(5)6;3*1-3-5-4-2;/h7-11H,1-6H3;3*3-4H2,1-2H3;/q4*-1;+4. The van der Waals surface area contributed by atoms with Crippen molar-refractivity contribution in [3.8, 4) is 0 Å². The molecule has 0 bridgehead atoms. The van der Waals surface area contributed by atoms with Crippen LogP contribution in [0, 0.1) is 0 Å². The molecule has 0 fully saturated rings. The van der Waals surface area contributed by atoms with E-state index in [9.17, 15) is 0 Å². The molecule has 0 radical (unpaired) electrons. The Hall–Kier alpha value is 0.100. The Morgan fingerprint density at radius 1 is 0.633 bits per heavy atom. The fourth-order valence-corrected chi connectivity index (χ4v) is 2.57. The normalized spacial score (nSPS) is 9.83. The Bertz CT molecular complexity index is 380. The van der Waals surface area contributed by atoms with Crippen LogP contribution in [0.4, 0.5) is 0 Å². The minimum Gasteiger partial charge on any atom is -0.663 e. The van der Waals surface area contributed by atoms with E-state index in [1.54, 1.807) is 11.1 Å². The van der Waals surface area contributed by atoms with Gasteiger partial charge in [0.15, 0.2) is 0 Å². The van der Waals surface area contributed by atoms with Crippen molar-refractivity contribution in [2.24, 2.45) is 0 Å².